The molecule has 3 aliphatic rings. The van der Waals surface area contributed by atoms with E-state index < -0.39 is 10.4 Å². The van der Waals surface area contributed by atoms with E-state index in [1.54, 1.807) is 4.90 Å². The molecule has 2 aromatic carbocycles. The fourth-order valence-corrected chi connectivity index (χ4v) is 6.22. The molecule has 0 bridgehead atoms. The Bertz CT molecular complexity index is 1090. The van der Waals surface area contributed by atoms with Crippen molar-refractivity contribution in [3.05, 3.63) is 65.2 Å². The van der Waals surface area contributed by atoms with Gasteiger partial charge in [-0.25, -0.2) is 0 Å². The summed E-state index contributed by atoms with van der Waals surface area (Å²) in [6.45, 7) is 8.22. The van der Waals surface area contributed by atoms with Crippen molar-refractivity contribution in [2.75, 3.05) is 15.6 Å². The maximum Gasteiger partial charge on any atom is 0.269 e. The zero-order valence-corrected chi connectivity index (χ0v) is 17.3. The molecule has 3 heterocycles. The highest BCUT2D eigenvalue weighted by Crippen LogP contribution is 2.59. The Labute approximate surface area is 169 Å². The Hall–Kier alpha value is -2.53. The molecule has 4 nitrogen and oxygen atoms in total. The van der Waals surface area contributed by atoms with Crippen molar-refractivity contribution in [3.63, 3.8) is 0 Å². The Morgan fingerprint density at radius 3 is 2.50 bits per heavy atom. The van der Waals surface area contributed by atoms with Gasteiger partial charge < -0.3 is 0 Å². The van der Waals surface area contributed by atoms with Crippen LogP contribution in [0.25, 0.3) is 5.57 Å². The highest BCUT2D eigenvalue weighted by Gasteiger charge is 2.63. The van der Waals surface area contributed by atoms with Crippen LogP contribution in [0.2, 0.25) is 0 Å². The fraction of sp³-hybridized carbons (Fsp3) is 0.304. The number of amides is 2. The summed E-state index contributed by atoms with van der Waals surface area (Å²) >= 11 is 1.44. The second-order valence-corrected chi connectivity index (χ2v) is 9.49. The third-order valence-corrected chi connectivity index (χ3v) is 7.30. The number of thioether (sulfide) groups is 1. The van der Waals surface area contributed by atoms with Gasteiger partial charge in [0.15, 0.2) is 0 Å². The van der Waals surface area contributed by atoms with Crippen LogP contribution in [0.4, 0.5) is 11.4 Å². The largest absolute Gasteiger partial charge is 0.299 e. The Balaban J connectivity index is 1.81. The average Bonchev–Trinajstić information content (AvgIpc) is 3.10. The number of anilines is 2. The summed E-state index contributed by atoms with van der Waals surface area (Å²) in [7, 11) is 0. The fourth-order valence-electron chi connectivity index (χ4n) is 4.89. The van der Waals surface area contributed by atoms with Crippen LogP contribution in [0.3, 0.4) is 0 Å². The number of nitrogens with zero attached hydrogens (tertiary/aromatic N) is 2. The molecule has 0 radical (unpaired) electrons. The van der Waals surface area contributed by atoms with Crippen molar-refractivity contribution in [2.45, 2.75) is 38.1 Å². The Kier molecular flexibility index (Phi) is 3.45. The first-order chi connectivity index (χ1) is 13.3. The van der Waals surface area contributed by atoms with E-state index >= 15 is 0 Å². The van der Waals surface area contributed by atoms with E-state index in [-0.39, 0.29) is 11.8 Å². The molecule has 0 aliphatic carbocycles. The molecule has 5 heteroatoms. The SMILES string of the molecule is CC1=CC(C)(C)N2C(=O)[C@@]3(SCC(=O)N3c3cccc(C)c3)c3cccc1c32. The molecular formula is C23H22N2O2S. The number of hydrogen-bond donors (Lipinski definition) is 0. The minimum atomic E-state index is -1.04. The van der Waals surface area contributed by atoms with Gasteiger partial charge in [-0.3, -0.25) is 19.4 Å². The second-order valence-electron chi connectivity index (χ2n) is 8.32. The van der Waals surface area contributed by atoms with E-state index in [1.165, 1.54) is 17.3 Å². The molecule has 142 valence electrons. The Morgan fingerprint density at radius 2 is 1.75 bits per heavy atom. The van der Waals surface area contributed by atoms with Gasteiger partial charge >= 0.3 is 0 Å². The number of aryl methyl sites for hydroxylation is 1. The van der Waals surface area contributed by atoms with Gasteiger partial charge in [-0.1, -0.05) is 36.4 Å². The lowest BCUT2D eigenvalue weighted by molar-refractivity contribution is -0.124. The quantitative estimate of drug-likeness (QED) is 0.721. The topological polar surface area (TPSA) is 40.6 Å². The number of fused-ring (bicyclic) bond motifs is 1. The van der Waals surface area contributed by atoms with E-state index in [0.29, 0.717) is 5.75 Å². The summed E-state index contributed by atoms with van der Waals surface area (Å²) < 4.78 is 0. The van der Waals surface area contributed by atoms with Crippen molar-refractivity contribution < 1.29 is 9.59 Å². The van der Waals surface area contributed by atoms with Crippen molar-refractivity contribution >= 4 is 40.5 Å². The molecule has 1 spiro atoms. The minimum absolute atomic E-state index is 0.0242. The molecular weight excluding hydrogens is 368 g/mol. The molecule has 0 saturated carbocycles. The van der Waals surface area contributed by atoms with Gasteiger partial charge in [0.1, 0.15) is 0 Å². The van der Waals surface area contributed by atoms with E-state index in [9.17, 15) is 9.59 Å². The van der Waals surface area contributed by atoms with Crippen LogP contribution in [-0.2, 0) is 14.5 Å². The molecule has 2 aromatic rings. The van der Waals surface area contributed by atoms with Crippen LogP contribution in [0, 0.1) is 6.92 Å². The van der Waals surface area contributed by atoms with Crippen LogP contribution in [-0.4, -0.2) is 23.1 Å². The average molecular weight is 391 g/mol. The minimum Gasteiger partial charge on any atom is -0.299 e. The lowest BCUT2D eigenvalue weighted by Crippen LogP contribution is -2.54. The van der Waals surface area contributed by atoms with Crippen LogP contribution < -0.4 is 9.80 Å². The summed E-state index contributed by atoms with van der Waals surface area (Å²) in [6.07, 6.45) is 2.15. The van der Waals surface area contributed by atoms with Gasteiger partial charge in [0, 0.05) is 16.8 Å². The smallest absolute Gasteiger partial charge is 0.269 e. The number of hydrogen-bond acceptors (Lipinski definition) is 3. The van der Waals surface area contributed by atoms with Gasteiger partial charge in [-0.2, -0.15) is 0 Å². The predicted octanol–water partition coefficient (Wildman–Crippen LogP) is 4.47. The number of carbonyl (C=O) groups excluding carboxylic acids is 2. The zero-order chi connectivity index (χ0) is 19.8. The normalized spacial score (nSPS) is 24.8. The predicted molar refractivity (Wildman–Crippen MR) is 114 cm³/mol. The third kappa shape index (κ3) is 2.03. The van der Waals surface area contributed by atoms with Crippen molar-refractivity contribution in [1.82, 2.24) is 0 Å². The van der Waals surface area contributed by atoms with E-state index in [1.807, 2.05) is 48.2 Å². The van der Waals surface area contributed by atoms with Gasteiger partial charge in [-0.15, -0.1) is 11.8 Å². The first kappa shape index (κ1) is 17.6. The number of para-hydroxylation sites is 1. The molecule has 1 fully saturated rings. The van der Waals surface area contributed by atoms with E-state index in [0.717, 1.165) is 28.1 Å². The van der Waals surface area contributed by atoms with Crippen molar-refractivity contribution in [3.8, 4) is 0 Å². The lowest BCUT2D eigenvalue weighted by Gasteiger charge is -2.40. The molecule has 3 aliphatic heterocycles. The summed E-state index contributed by atoms with van der Waals surface area (Å²) in [6, 6.07) is 13.9. The monoisotopic (exact) mass is 390 g/mol. The maximum atomic E-state index is 14.0. The molecule has 1 saturated heterocycles. The first-order valence-electron chi connectivity index (χ1n) is 9.49. The van der Waals surface area contributed by atoms with Gasteiger partial charge in [0.2, 0.25) is 10.8 Å². The highest BCUT2D eigenvalue weighted by atomic mass is 32.2. The lowest BCUT2D eigenvalue weighted by atomic mass is 9.89. The Morgan fingerprint density at radius 1 is 1.00 bits per heavy atom. The standard InChI is InChI=1S/C23H22N2O2S/c1-14-7-5-8-16(11-14)24-19(26)13-28-23(24)18-10-6-9-17-15(2)12-22(3,4)25(20(17)18)21(23)27/h5-12H,13H2,1-4H3/t23-/m0/s1. The molecule has 0 N–H and O–H groups in total. The summed E-state index contributed by atoms with van der Waals surface area (Å²) in [5.41, 5.74) is 5.52. The molecule has 28 heavy (non-hydrogen) atoms. The zero-order valence-electron chi connectivity index (χ0n) is 16.4. The van der Waals surface area contributed by atoms with Gasteiger partial charge in [0.25, 0.3) is 5.91 Å². The molecule has 2 amide bonds. The summed E-state index contributed by atoms with van der Waals surface area (Å²) in [5, 5.41) is 0. The van der Waals surface area contributed by atoms with Gasteiger partial charge in [0.05, 0.1) is 17.0 Å². The van der Waals surface area contributed by atoms with E-state index in [4.69, 9.17) is 0 Å². The molecule has 0 unspecified atom stereocenters. The molecule has 0 aromatic heterocycles. The number of benzene rings is 2. The third-order valence-electron chi connectivity index (χ3n) is 5.92. The highest BCUT2D eigenvalue weighted by molar-refractivity contribution is 8.02. The van der Waals surface area contributed by atoms with Crippen LogP contribution in [0.5, 0.6) is 0 Å². The summed E-state index contributed by atoms with van der Waals surface area (Å²) in [4.78, 5) is 29.7. The van der Waals surface area contributed by atoms with Crippen LogP contribution in [0.1, 0.15) is 37.5 Å². The van der Waals surface area contributed by atoms with Crippen molar-refractivity contribution in [1.29, 1.82) is 0 Å². The number of rotatable bonds is 1. The first-order valence-corrected chi connectivity index (χ1v) is 10.5. The van der Waals surface area contributed by atoms with Crippen LogP contribution in [0.15, 0.2) is 48.5 Å². The molecule has 1 atom stereocenters. The summed E-state index contributed by atoms with van der Waals surface area (Å²) in [5.74, 6) is 0.245. The van der Waals surface area contributed by atoms with Crippen molar-refractivity contribution in [2.24, 2.45) is 0 Å². The number of carbonyl (C=O) groups is 2. The van der Waals surface area contributed by atoms with E-state index in [2.05, 4.69) is 32.9 Å². The number of allylic oxidation sites excluding steroid dienone is 1. The maximum absolute atomic E-state index is 14.0. The van der Waals surface area contributed by atoms with Crippen LogP contribution >= 0.6 is 11.8 Å². The molecule has 5 rings (SSSR count). The second kappa shape index (κ2) is 5.51. The van der Waals surface area contributed by atoms with Gasteiger partial charge in [-0.05, 0) is 51.0 Å².